The second-order valence-corrected chi connectivity index (χ2v) is 5.46. The SMILES string of the molecule is CCOC(=O)c1[nH]c(C)c(C2CCN(C)CC2)c1C. The fourth-order valence-electron chi connectivity index (χ4n) is 3.08. The van der Waals surface area contributed by atoms with Gasteiger partial charge < -0.3 is 14.6 Å². The van der Waals surface area contributed by atoms with Crippen LogP contribution in [0.25, 0.3) is 0 Å². The number of nitrogens with zero attached hydrogens (tertiary/aromatic N) is 1. The zero-order chi connectivity index (χ0) is 14.0. The Morgan fingerprint density at radius 2 is 2.00 bits per heavy atom. The number of hydrogen-bond donors (Lipinski definition) is 1. The lowest BCUT2D eigenvalue weighted by atomic mass is 9.87. The van der Waals surface area contributed by atoms with Crippen molar-refractivity contribution in [2.24, 2.45) is 0 Å². The van der Waals surface area contributed by atoms with E-state index in [-0.39, 0.29) is 5.97 Å². The molecular formula is C15H24N2O2. The molecule has 2 rings (SSSR count). The van der Waals surface area contributed by atoms with Crippen LogP contribution in [0.4, 0.5) is 0 Å². The second-order valence-electron chi connectivity index (χ2n) is 5.46. The molecule has 0 bridgehead atoms. The molecule has 0 saturated carbocycles. The highest BCUT2D eigenvalue weighted by Crippen LogP contribution is 2.33. The van der Waals surface area contributed by atoms with E-state index < -0.39 is 0 Å². The molecule has 1 fully saturated rings. The van der Waals surface area contributed by atoms with E-state index in [0.717, 1.165) is 37.2 Å². The number of ether oxygens (including phenoxy) is 1. The molecule has 0 radical (unpaired) electrons. The van der Waals surface area contributed by atoms with Gasteiger partial charge in [-0.25, -0.2) is 4.79 Å². The van der Waals surface area contributed by atoms with E-state index in [4.69, 9.17) is 4.74 Å². The van der Waals surface area contributed by atoms with Crippen molar-refractivity contribution in [3.63, 3.8) is 0 Å². The summed E-state index contributed by atoms with van der Waals surface area (Å²) in [6.07, 6.45) is 2.33. The summed E-state index contributed by atoms with van der Waals surface area (Å²) in [7, 11) is 2.16. The highest BCUT2D eigenvalue weighted by molar-refractivity contribution is 5.89. The molecule has 1 N–H and O–H groups in total. The van der Waals surface area contributed by atoms with Crippen LogP contribution in [-0.4, -0.2) is 42.6 Å². The van der Waals surface area contributed by atoms with Gasteiger partial charge in [0, 0.05) is 5.69 Å². The standard InChI is InChI=1S/C15H24N2O2/c1-5-19-15(18)14-10(2)13(11(3)16-14)12-6-8-17(4)9-7-12/h12,16H,5-9H2,1-4H3. The van der Waals surface area contributed by atoms with Crippen LogP contribution in [0.3, 0.4) is 0 Å². The lowest BCUT2D eigenvalue weighted by Gasteiger charge is -2.29. The van der Waals surface area contributed by atoms with Crippen molar-refractivity contribution < 1.29 is 9.53 Å². The first-order chi connectivity index (χ1) is 9.04. The van der Waals surface area contributed by atoms with Gasteiger partial charge >= 0.3 is 5.97 Å². The molecule has 2 heterocycles. The Kier molecular flexibility index (Phi) is 4.30. The molecule has 1 aromatic heterocycles. The molecule has 1 saturated heterocycles. The van der Waals surface area contributed by atoms with Crippen molar-refractivity contribution in [1.29, 1.82) is 0 Å². The Morgan fingerprint density at radius 3 is 2.58 bits per heavy atom. The van der Waals surface area contributed by atoms with Crippen molar-refractivity contribution in [3.8, 4) is 0 Å². The molecule has 4 nitrogen and oxygen atoms in total. The molecule has 0 unspecified atom stereocenters. The van der Waals surface area contributed by atoms with Gasteiger partial charge in [0.2, 0.25) is 0 Å². The Labute approximate surface area is 115 Å². The normalized spacial score (nSPS) is 17.7. The van der Waals surface area contributed by atoms with Crippen LogP contribution in [0.5, 0.6) is 0 Å². The molecule has 1 aliphatic heterocycles. The number of carbonyl (C=O) groups excluding carboxylic acids is 1. The number of rotatable bonds is 3. The van der Waals surface area contributed by atoms with E-state index in [1.807, 2.05) is 13.8 Å². The van der Waals surface area contributed by atoms with E-state index in [1.165, 1.54) is 5.56 Å². The van der Waals surface area contributed by atoms with Gasteiger partial charge in [-0.2, -0.15) is 0 Å². The molecule has 106 valence electrons. The van der Waals surface area contributed by atoms with Crippen molar-refractivity contribution in [1.82, 2.24) is 9.88 Å². The van der Waals surface area contributed by atoms with Crippen LogP contribution in [0.15, 0.2) is 0 Å². The maximum Gasteiger partial charge on any atom is 0.355 e. The van der Waals surface area contributed by atoms with Crippen LogP contribution in [0.2, 0.25) is 0 Å². The van der Waals surface area contributed by atoms with Crippen molar-refractivity contribution in [2.75, 3.05) is 26.7 Å². The van der Waals surface area contributed by atoms with Gasteiger partial charge in [0.1, 0.15) is 5.69 Å². The molecule has 1 aliphatic rings. The third kappa shape index (κ3) is 2.84. The predicted molar refractivity (Wildman–Crippen MR) is 75.7 cm³/mol. The Bertz CT molecular complexity index is 457. The van der Waals surface area contributed by atoms with E-state index in [1.54, 1.807) is 0 Å². The number of H-pyrrole nitrogens is 1. The van der Waals surface area contributed by atoms with Gasteiger partial charge in [-0.05, 0) is 70.8 Å². The Hall–Kier alpha value is -1.29. The van der Waals surface area contributed by atoms with Crippen molar-refractivity contribution in [3.05, 3.63) is 22.5 Å². The lowest BCUT2D eigenvalue weighted by Crippen LogP contribution is -2.29. The van der Waals surface area contributed by atoms with Gasteiger partial charge in [0.15, 0.2) is 0 Å². The Balaban J connectivity index is 2.24. The maximum absolute atomic E-state index is 11.9. The van der Waals surface area contributed by atoms with E-state index in [0.29, 0.717) is 18.2 Å². The average molecular weight is 264 g/mol. The van der Waals surface area contributed by atoms with Gasteiger partial charge in [-0.15, -0.1) is 0 Å². The summed E-state index contributed by atoms with van der Waals surface area (Å²) >= 11 is 0. The van der Waals surface area contributed by atoms with Gasteiger partial charge in [0.05, 0.1) is 6.61 Å². The van der Waals surface area contributed by atoms with Crippen LogP contribution >= 0.6 is 0 Å². The highest BCUT2D eigenvalue weighted by Gasteiger charge is 2.26. The largest absolute Gasteiger partial charge is 0.461 e. The van der Waals surface area contributed by atoms with Crippen LogP contribution < -0.4 is 0 Å². The quantitative estimate of drug-likeness (QED) is 0.854. The number of likely N-dealkylation sites (tertiary alicyclic amines) is 1. The van der Waals surface area contributed by atoms with E-state index in [9.17, 15) is 4.79 Å². The molecule has 0 spiro atoms. The molecule has 1 aromatic rings. The summed E-state index contributed by atoms with van der Waals surface area (Å²) in [5.74, 6) is 0.331. The molecular weight excluding hydrogens is 240 g/mol. The first-order valence-electron chi connectivity index (χ1n) is 7.09. The maximum atomic E-state index is 11.9. The van der Waals surface area contributed by atoms with Gasteiger partial charge in [0.25, 0.3) is 0 Å². The summed E-state index contributed by atoms with van der Waals surface area (Å²) in [4.78, 5) is 17.5. The number of aromatic nitrogens is 1. The smallest absolute Gasteiger partial charge is 0.355 e. The average Bonchev–Trinajstić information content (AvgIpc) is 2.67. The van der Waals surface area contributed by atoms with Crippen LogP contribution in [-0.2, 0) is 4.74 Å². The fourth-order valence-corrected chi connectivity index (χ4v) is 3.08. The minimum absolute atomic E-state index is 0.234. The van der Waals surface area contributed by atoms with Crippen LogP contribution in [0, 0.1) is 13.8 Å². The first-order valence-corrected chi connectivity index (χ1v) is 7.09. The number of carbonyl (C=O) groups is 1. The topological polar surface area (TPSA) is 45.3 Å². The zero-order valence-electron chi connectivity index (χ0n) is 12.4. The zero-order valence-corrected chi connectivity index (χ0v) is 12.4. The molecule has 0 atom stereocenters. The summed E-state index contributed by atoms with van der Waals surface area (Å²) in [5.41, 5.74) is 4.16. The van der Waals surface area contributed by atoms with Gasteiger partial charge in [-0.1, -0.05) is 0 Å². The third-order valence-electron chi connectivity index (χ3n) is 4.10. The lowest BCUT2D eigenvalue weighted by molar-refractivity contribution is 0.0519. The molecule has 4 heteroatoms. The monoisotopic (exact) mass is 264 g/mol. The fraction of sp³-hybridized carbons (Fsp3) is 0.667. The number of hydrogen-bond acceptors (Lipinski definition) is 3. The molecule has 0 aliphatic carbocycles. The van der Waals surface area contributed by atoms with E-state index >= 15 is 0 Å². The number of nitrogens with one attached hydrogen (secondary N) is 1. The second kappa shape index (κ2) is 5.78. The summed E-state index contributed by atoms with van der Waals surface area (Å²) in [5, 5.41) is 0. The van der Waals surface area contributed by atoms with E-state index in [2.05, 4.69) is 23.9 Å². The minimum atomic E-state index is -0.234. The van der Waals surface area contributed by atoms with Crippen molar-refractivity contribution in [2.45, 2.75) is 39.5 Å². The Morgan fingerprint density at radius 1 is 1.37 bits per heavy atom. The highest BCUT2D eigenvalue weighted by atomic mass is 16.5. The third-order valence-corrected chi connectivity index (χ3v) is 4.10. The molecule has 0 amide bonds. The predicted octanol–water partition coefficient (Wildman–Crippen LogP) is 2.62. The number of piperidine rings is 1. The molecule has 19 heavy (non-hydrogen) atoms. The summed E-state index contributed by atoms with van der Waals surface area (Å²) in [6, 6.07) is 0. The number of aryl methyl sites for hydroxylation is 1. The van der Waals surface area contributed by atoms with Crippen LogP contribution in [0.1, 0.15) is 53.0 Å². The molecule has 0 aromatic carbocycles. The summed E-state index contributed by atoms with van der Waals surface area (Å²) in [6.45, 7) is 8.60. The van der Waals surface area contributed by atoms with Crippen molar-refractivity contribution >= 4 is 5.97 Å². The number of esters is 1. The number of aromatic amines is 1. The minimum Gasteiger partial charge on any atom is -0.461 e. The first kappa shape index (κ1) is 14.1. The summed E-state index contributed by atoms with van der Waals surface area (Å²) < 4.78 is 5.10. The van der Waals surface area contributed by atoms with Gasteiger partial charge in [-0.3, -0.25) is 0 Å².